The molecule has 2 aromatic rings. The molecule has 8 nitrogen and oxygen atoms in total. The van der Waals surface area contributed by atoms with Crippen LogP contribution in [0.15, 0.2) is 57.5 Å². The Bertz CT molecular complexity index is 1180. The number of amides is 2. The third-order valence-corrected chi connectivity index (χ3v) is 4.79. The molecule has 2 amide bonds. The van der Waals surface area contributed by atoms with Gasteiger partial charge in [-0.2, -0.15) is 5.26 Å². The molecule has 0 saturated heterocycles. The van der Waals surface area contributed by atoms with Crippen molar-refractivity contribution >= 4 is 23.9 Å². The highest BCUT2D eigenvalue weighted by Crippen LogP contribution is 2.29. The molecular weight excluding hydrogens is 412 g/mol. The van der Waals surface area contributed by atoms with Crippen LogP contribution in [0.2, 0.25) is 0 Å². The monoisotopic (exact) mass is 434 g/mol. The Hall–Kier alpha value is -3.96. The summed E-state index contributed by atoms with van der Waals surface area (Å²) in [5.74, 6) is -0.997. The van der Waals surface area contributed by atoms with Crippen LogP contribution in [0.5, 0.6) is 0 Å². The fourth-order valence-corrected chi connectivity index (χ4v) is 3.24. The van der Waals surface area contributed by atoms with Crippen molar-refractivity contribution in [3.63, 3.8) is 0 Å². The Balaban J connectivity index is 1.96. The molecule has 1 aliphatic heterocycles. The van der Waals surface area contributed by atoms with Crippen molar-refractivity contribution in [3.05, 3.63) is 64.4 Å². The summed E-state index contributed by atoms with van der Waals surface area (Å²) in [6, 6.07) is 11.9. The highest BCUT2D eigenvalue weighted by molar-refractivity contribution is 6.19. The largest absolute Gasteiger partial charge is 0.459 e. The number of esters is 1. The Morgan fingerprint density at radius 2 is 2.00 bits per heavy atom. The Labute approximate surface area is 185 Å². The number of ether oxygens (including phenoxy) is 1. The summed E-state index contributed by atoms with van der Waals surface area (Å²) in [7, 11) is 0. The molecule has 0 saturated carbocycles. The van der Waals surface area contributed by atoms with Crippen molar-refractivity contribution in [3.8, 4) is 17.4 Å². The first-order valence-corrected chi connectivity index (χ1v) is 9.98. The van der Waals surface area contributed by atoms with Crippen molar-refractivity contribution < 1.29 is 28.6 Å². The van der Waals surface area contributed by atoms with Gasteiger partial charge in [-0.3, -0.25) is 14.5 Å². The van der Waals surface area contributed by atoms with E-state index in [1.165, 1.54) is 13.0 Å². The normalized spacial score (nSPS) is 15.5. The number of rotatable bonds is 6. The zero-order valence-electron chi connectivity index (χ0n) is 17.9. The van der Waals surface area contributed by atoms with Crippen LogP contribution < -0.4 is 0 Å². The van der Waals surface area contributed by atoms with E-state index < -0.39 is 24.4 Å². The Morgan fingerprint density at radius 3 is 2.66 bits per heavy atom. The third kappa shape index (κ3) is 4.53. The molecule has 3 rings (SSSR count). The first kappa shape index (κ1) is 22.7. The molecule has 0 atom stereocenters. The average molecular weight is 434 g/mol. The molecule has 1 N–H and O–H groups in total. The van der Waals surface area contributed by atoms with E-state index in [0.717, 1.165) is 4.90 Å². The average Bonchev–Trinajstić information content (AvgIpc) is 3.23. The highest BCUT2D eigenvalue weighted by Gasteiger charge is 2.35. The van der Waals surface area contributed by atoms with Crippen molar-refractivity contribution in [1.29, 1.82) is 5.26 Å². The van der Waals surface area contributed by atoms with Gasteiger partial charge in [0.25, 0.3) is 11.8 Å². The highest BCUT2D eigenvalue weighted by atomic mass is 16.5. The van der Waals surface area contributed by atoms with Gasteiger partial charge < -0.3 is 14.3 Å². The summed E-state index contributed by atoms with van der Waals surface area (Å²) in [5, 5.41) is 18.5. The minimum atomic E-state index is -0.730. The second-order valence-corrected chi connectivity index (χ2v) is 7.39. The lowest BCUT2D eigenvalue weighted by molar-refractivity contribution is -0.141. The van der Waals surface area contributed by atoms with Gasteiger partial charge >= 0.3 is 5.97 Å². The maximum atomic E-state index is 12.8. The van der Waals surface area contributed by atoms with Gasteiger partial charge in [0.05, 0.1) is 24.8 Å². The molecular formula is C24H22N2O6. The van der Waals surface area contributed by atoms with E-state index in [0.29, 0.717) is 22.6 Å². The van der Waals surface area contributed by atoms with Gasteiger partial charge in [0.1, 0.15) is 23.2 Å². The SMILES string of the molecule is CC1=C(C#N)C(=O)N(CCO)C(=O)/C1=C/c1ccc(-c2cccc(C(=O)OC(C)C)c2)o1. The lowest BCUT2D eigenvalue weighted by Gasteiger charge is -2.26. The number of furan rings is 1. The number of benzene rings is 1. The van der Waals surface area contributed by atoms with Crippen LogP contribution in [0, 0.1) is 11.3 Å². The van der Waals surface area contributed by atoms with Crippen molar-refractivity contribution in [2.45, 2.75) is 26.9 Å². The maximum absolute atomic E-state index is 12.8. The number of β-amino-alcohol motifs (C(OH)–C–C–N with tert-alkyl or cyclic N) is 1. The van der Waals surface area contributed by atoms with Crippen LogP contribution >= 0.6 is 0 Å². The molecule has 164 valence electrons. The van der Waals surface area contributed by atoms with Gasteiger partial charge in [-0.05, 0) is 56.7 Å². The van der Waals surface area contributed by atoms with Gasteiger partial charge in [-0.25, -0.2) is 4.79 Å². The van der Waals surface area contributed by atoms with E-state index in [4.69, 9.17) is 9.15 Å². The summed E-state index contributed by atoms with van der Waals surface area (Å²) in [6.45, 7) is 4.43. The third-order valence-electron chi connectivity index (χ3n) is 4.79. The molecule has 1 aromatic carbocycles. The van der Waals surface area contributed by atoms with E-state index in [1.807, 2.05) is 6.07 Å². The smallest absolute Gasteiger partial charge is 0.338 e. The van der Waals surface area contributed by atoms with E-state index in [1.54, 1.807) is 50.2 Å². The number of carbonyl (C=O) groups excluding carboxylic acids is 3. The predicted octanol–water partition coefficient (Wildman–Crippen LogP) is 3.10. The number of aliphatic hydroxyl groups excluding tert-OH is 1. The van der Waals surface area contributed by atoms with Gasteiger partial charge in [0.2, 0.25) is 0 Å². The first-order valence-electron chi connectivity index (χ1n) is 9.98. The van der Waals surface area contributed by atoms with Crippen LogP contribution in [0.1, 0.15) is 36.9 Å². The van der Waals surface area contributed by atoms with E-state index in [2.05, 4.69) is 0 Å². The molecule has 0 bridgehead atoms. The van der Waals surface area contributed by atoms with Crippen LogP contribution in [0.4, 0.5) is 0 Å². The first-order chi connectivity index (χ1) is 15.3. The fraction of sp³-hybridized carbons (Fsp3) is 0.250. The molecule has 32 heavy (non-hydrogen) atoms. The Morgan fingerprint density at radius 1 is 1.25 bits per heavy atom. The second kappa shape index (κ2) is 9.45. The summed E-state index contributed by atoms with van der Waals surface area (Å²) >= 11 is 0. The standard InChI is InChI=1S/C24H22N2O6/c1-14(2)31-24(30)17-6-4-5-16(11-17)21-8-7-18(32-21)12-19-15(3)20(13-25)23(29)26(9-10-27)22(19)28/h4-8,11-12,14,27H,9-10H2,1-3H3/b19-12+. The second-order valence-electron chi connectivity index (χ2n) is 7.39. The topological polar surface area (TPSA) is 121 Å². The predicted molar refractivity (Wildman–Crippen MR) is 115 cm³/mol. The number of aliphatic hydroxyl groups is 1. The molecule has 0 radical (unpaired) electrons. The van der Waals surface area contributed by atoms with Crippen molar-refractivity contribution in [1.82, 2.24) is 4.90 Å². The van der Waals surface area contributed by atoms with Crippen LogP contribution in [0.3, 0.4) is 0 Å². The molecule has 2 heterocycles. The lowest BCUT2D eigenvalue weighted by Crippen LogP contribution is -2.44. The van der Waals surface area contributed by atoms with Crippen molar-refractivity contribution in [2.75, 3.05) is 13.2 Å². The minimum Gasteiger partial charge on any atom is -0.459 e. The Kier molecular flexibility index (Phi) is 6.71. The summed E-state index contributed by atoms with van der Waals surface area (Å²) in [4.78, 5) is 38.1. The van der Waals surface area contributed by atoms with Gasteiger partial charge in [0, 0.05) is 11.1 Å². The fourth-order valence-electron chi connectivity index (χ4n) is 3.24. The number of imide groups is 1. The summed E-state index contributed by atoms with van der Waals surface area (Å²) in [6.07, 6.45) is 1.21. The van der Waals surface area contributed by atoms with E-state index in [9.17, 15) is 24.8 Å². The summed E-state index contributed by atoms with van der Waals surface area (Å²) in [5.41, 5.74) is 1.24. The zero-order chi connectivity index (χ0) is 23.4. The van der Waals surface area contributed by atoms with Gasteiger partial charge in [-0.15, -0.1) is 0 Å². The molecule has 8 heteroatoms. The summed E-state index contributed by atoms with van der Waals surface area (Å²) < 4.78 is 11.1. The number of carbonyl (C=O) groups is 3. The molecule has 0 unspecified atom stereocenters. The zero-order valence-corrected chi connectivity index (χ0v) is 17.9. The maximum Gasteiger partial charge on any atom is 0.338 e. The van der Waals surface area contributed by atoms with E-state index in [-0.39, 0.29) is 29.4 Å². The van der Waals surface area contributed by atoms with Crippen LogP contribution in [0.25, 0.3) is 17.4 Å². The van der Waals surface area contributed by atoms with Crippen LogP contribution in [-0.2, 0) is 14.3 Å². The molecule has 1 aromatic heterocycles. The molecule has 0 aliphatic carbocycles. The van der Waals surface area contributed by atoms with Gasteiger partial charge in [-0.1, -0.05) is 12.1 Å². The van der Waals surface area contributed by atoms with E-state index >= 15 is 0 Å². The van der Waals surface area contributed by atoms with Gasteiger partial charge in [0.15, 0.2) is 0 Å². The molecule has 0 fully saturated rings. The molecule has 0 spiro atoms. The number of nitrogens with zero attached hydrogens (tertiary/aromatic N) is 2. The number of hydrogen-bond donors (Lipinski definition) is 1. The number of nitriles is 1. The number of hydrogen-bond acceptors (Lipinski definition) is 7. The lowest BCUT2D eigenvalue weighted by atomic mass is 9.95. The quantitative estimate of drug-likeness (QED) is 0.421. The minimum absolute atomic E-state index is 0.129. The van der Waals surface area contributed by atoms with Crippen LogP contribution in [-0.4, -0.2) is 47.0 Å². The van der Waals surface area contributed by atoms with Crippen molar-refractivity contribution in [2.24, 2.45) is 0 Å². The molecule has 1 aliphatic rings.